The highest BCUT2D eigenvalue weighted by Gasteiger charge is 2.16. The number of hydrogen-bond donors (Lipinski definition) is 2. The Morgan fingerprint density at radius 1 is 1.44 bits per heavy atom. The molecule has 0 aliphatic heterocycles. The summed E-state index contributed by atoms with van der Waals surface area (Å²) in [7, 11) is -2.12. The average Bonchev–Trinajstić information content (AvgIpc) is 2.21. The van der Waals surface area contributed by atoms with Crippen molar-refractivity contribution in [1.29, 1.82) is 0 Å². The monoisotopic (exact) mass is 264 g/mol. The van der Waals surface area contributed by atoms with Crippen molar-refractivity contribution in [3.05, 3.63) is 24.3 Å². The maximum absolute atomic E-state index is 9.45. The van der Waals surface area contributed by atoms with Crippen LogP contribution in [0.15, 0.2) is 24.3 Å². The number of phenols is 1. The zero-order valence-corrected chi connectivity index (χ0v) is 10.5. The first-order valence-corrected chi connectivity index (χ1v) is 6.46. The van der Waals surface area contributed by atoms with Crippen molar-refractivity contribution < 1.29 is 19.0 Å². The normalized spacial score (nSPS) is 14.4. The molecule has 6 heteroatoms. The van der Waals surface area contributed by atoms with Crippen molar-refractivity contribution in [2.45, 2.75) is 25.3 Å². The second-order valence-electron chi connectivity index (χ2n) is 3.10. The van der Waals surface area contributed by atoms with Gasteiger partial charge in [0.1, 0.15) is 5.56 Å². The third-order valence-corrected chi connectivity index (χ3v) is 2.98. The minimum absolute atomic E-state index is 0.0470. The first kappa shape index (κ1) is 13.5. The molecule has 0 radical (unpaired) electrons. The van der Waals surface area contributed by atoms with Crippen molar-refractivity contribution >= 4 is 20.2 Å². The molecule has 1 aromatic rings. The molecule has 0 aromatic heterocycles. The van der Waals surface area contributed by atoms with Crippen LogP contribution in [0.5, 0.6) is 11.5 Å². The van der Waals surface area contributed by atoms with Gasteiger partial charge in [0.05, 0.1) is 0 Å². The van der Waals surface area contributed by atoms with E-state index in [1.54, 1.807) is 12.1 Å². The number of rotatable bonds is 6. The number of benzene rings is 1. The van der Waals surface area contributed by atoms with Crippen molar-refractivity contribution in [2.24, 2.45) is 0 Å². The Morgan fingerprint density at radius 3 is 2.75 bits per heavy atom. The Bertz CT molecular complexity index is 323. The molecule has 0 aliphatic carbocycles. The van der Waals surface area contributed by atoms with E-state index in [9.17, 15) is 10.00 Å². The van der Waals surface area contributed by atoms with E-state index in [2.05, 4.69) is 0 Å². The van der Waals surface area contributed by atoms with E-state index in [-0.39, 0.29) is 11.5 Å². The van der Waals surface area contributed by atoms with Gasteiger partial charge in [-0.05, 0) is 18.6 Å². The predicted octanol–water partition coefficient (Wildman–Crippen LogP) is 3.37. The summed E-state index contributed by atoms with van der Waals surface area (Å²) in [5.41, 5.74) is -0.577. The molecule has 0 bridgehead atoms. The van der Waals surface area contributed by atoms with Gasteiger partial charge in [-0.2, -0.15) is 0 Å². The van der Waals surface area contributed by atoms with Crippen LogP contribution in [-0.4, -0.2) is 15.6 Å². The van der Waals surface area contributed by atoms with Crippen LogP contribution in [0.25, 0.3) is 0 Å². The van der Waals surface area contributed by atoms with Crippen LogP contribution in [0.4, 0.5) is 0 Å². The third kappa shape index (κ3) is 4.54. The van der Waals surface area contributed by atoms with Gasteiger partial charge in [-0.3, -0.25) is 4.52 Å². The van der Waals surface area contributed by atoms with Crippen molar-refractivity contribution in [3.63, 3.8) is 0 Å². The fourth-order valence-corrected chi connectivity index (χ4v) is 2.11. The van der Waals surface area contributed by atoms with Crippen LogP contribution >= 0.6 is 20.2 Å². The zero-order chi connectivity index (χ0) is 12.0. The summed E-state index contributed by atoms with van der Waals surface area (Å²) in [6.45, 7) is 1.96. The highest BCUT2D eigenvalue weighted by molar-refractivity contribution is 7.41. The van der Waals surface area contributed by atoms with Gasteiger partial charge in [-0.15, -0.1) is 0 Å². The summed E-state index contributed by atoms with van der Waals surface area (Å²) in [6, 6.07) is 6.34. The molecule has 2 N–H and O–H groups in total. The molecule has 1 unspecified atom stereocenters. The number of halogens is 1. The van der Waals surface area contributed by atoms with Gasteiger partial charge in [0.15, 0.2) is 11.5 Å². The van der Waals surface area contributed by atoms with Crippen LogP contribution in [0.2, 0.25) is 0 Å². The Kier molecular flexibility index (Phi) is 5.85. The van der Waals surface area contributed by atoms with Crippen LogP contribution in [0.3, 0.4) is 0 Å². The van der Waals surface area contributed by atoms with Gasteiger partial charge in [-0.1, -0.05) is 37.1 Å². The second-order valence-corrected chi connectivity index (χ2v) is 4.46. The Labute approximate surface area is 101 Å². The highest BCUT2D eigenvalue weighted by atomic mass is 35.5. The van der Waals surface area contributed by atoms with Crippen LogP contribution < -0.4 is 4.52 Å². The number of hydrogen-bond acceptors (Lipinski definition) is 4. The molecule has 0 aliphatic rings. The molecule has 1 rings (SSSR count). The number of para-hydroxylation sites is 2. The maximum Gasteiger partial charge on any atom is 0.396 e. The van der Waals surface area contributed by atoms with Crippen LogP contribution in [0, 0.1) is 0 Å². The van der Waals surface area contributed by atoms with Crippen molar-refractivity contribution in [1.82, 2.24) is 0 Å². The Hall–Kier alpha value is -0.540. The minimum Gasteiger partial charge on any atom is -0.504 e. The van der Waals surface area contributed by atoms with E-state index in [0.717, 1.165) is 6.42 Å². The smallest absolute Gasteiger partial charge is 0.396 e. The third-order valence-electron chi connectivity index (χ3n) is 1.76. The first-order chi connectivity index (χ1) is 7.63. The van der Waals surface area contributed by atoms with Gasteiger partial charge in [0.25, 0.3) is 0 Å². The molecule has 4 nitrogen and oxygen atoms in total. The zero-order valence-electron chi connectivity index (χ0n) is 8.84. The van der Waals surface area contributed by atoms with Gasteiger partial charge < -0.3 is 14.5 Å². The number of aromatic hydroxyl groups is 1. The molecule has 2 atom stereocenters. The standard InChI is InChI=1S/C10H14ClO4P/c1-2-5-10(11)15-16(13)14-9-7-4-3-6-8(9)12/h3-4,6-7,10,12-13H,2,5H2,1H3/t10-,16?/m0/s1. The number of phenolic OH excluding ortho intramolecular Hbond substituents is 1. The van der Waals surface area contributed by atoms with Crippen LogP contribution in [-0.2, 0) is 4.52 Å². The molecule has 0 spiro atoms. The summed E-state index contributed by atoms with van der Waals surface area (Å²) in [5, 5.41) is 9.38. The Balaban J connectivity index is 2.45. The SMILES string of the molecule is CCC[C@@H](Cl)OP(O)Oc1ccccc1O. The molecule has 0 saturated heterocycles. The fraction of sp³-hybridized carbons (Fsp3) is 0.400. The molecular formula is C10H14ClO4P. The summed E-state index contributed by atoms with van der Waals surface area (Å²) in [4.78, 5) is 9.45. The van der Waals surface area contributed by atoms with E-state index < -0.39 is 14.2 Å². The molecular weight excluding hydrogens is 251 g/mol. The highest BCUT2D eigenvalue weighted by Crippen LogP contribution is 2.41. The molecule has 0 amide bonds. The predicted molar refractivity (Wildman–Crippen MR) is 63.5 cm³/mol. The van der Waals surface area contributed by atoms with Gasteiger partial charge >= 0.3 is 8.60 Å². The van der Waals surface area contributed by atoms with Gasteiger partial charge in [-0.25, -0.2) is 0 Å². The van der Waals surface area contributed by atoms with Crippen LogP contribution in [0.1, 0.15) is 19.8 Å². The summed E-state index contributed by atoms with van der Waals surface area (Å²) in [5.74, 6) is 0.130. The van der Waals surface area contributed by atoms with E-state index in [1.165, 1.54) is 12.1 Å². The lowest BCUT2D eigenvalue weighted by molar-refractivity contribution is 0.225. The lowest BCUT2D eigenvalue weighted by Crippen LogP contribution is -2.02. The molecule has 90 valence electrons. The number of alkyl halides is 1. The largest absolute Gasteiger partial charge is 0.504 e. The lowest BCUT2D eigenvalue weighted by atomic mass is 10.3. The van der Waals surface area contributed by atoms with Gasteiger partial charge in [0.2, 0.25) is 0 Å². The molecule has 0 heterocycles. The van der Waals surface area contributed by atoms with E-state index >= 15 is 0 Å². The lowest BCUT2D eigenvalue weighted by Gasteiger charge is -2.15. The quantitative estimate of drug-likeness (QED) is 0.611. The second kappa shape index (κ2) is 6.92. The fourth-order valence-electron chi connectivity index (χ4n) is 1.02. The molecule has 0 fully saturated rings. The molecule has 1 aromatic carbocycles. The molecule has 0 saturated carbocycles. The summed E-state index contributed by atoms with van der Waals surface area (Å²) >= 11 is 5.77. The van der Waals surface area contributed by atoms with Crippen molar-refractivity contribution in [2.75, 3.05) is 0 Å². The minimum atomic E-state index is -2.12. The maximum atomic E-state index is 9.45. The van der Waals surface area contributed by atoms with E-state index in [0.29, 0.717) is 6.42 Å². The average molecular weight is 265 g/mol. The first-order valence-electron chi connectivity index (χ1n) is 4.89. The van der Waals surface area contributed by atoms with Gasteiger partial charge in [0, 0.05) is 0 Å². The molecule has 16 heavy (non-hydrogen) atoms. The topological polar surface area (TPSA) is 58.9 Å². The van der Waals surface area contributed by atoms with Crippen molar-refractivity contribution in [3.8, 4) is 11.5 Å². The summed E-state index contributed by atoms with van der Waals surface area (Å²) in [6.07, 6.45) is 1.49. The van der Waals surface area contributed by atoms with E-state index in [4.69, 9.17) is 20.6 Å². The summed E-state index contributed by atoms with van der Waals surface area (Å²) < 4.78 is 10.0. The Morgan fingerprint density at radius 2 is 2.12 bits per heavy atom. The van der Waals surface area contributed by atoms with E-state index in [1.807, 2.05) is 6.92 Å².